The Kier molecular flexibility index (Phi) is 4.14. The number of carbonyl (C=O) groups excluding carboxylic acids is 1. The fourth-order valence-electron chi connectivity index (χ4n) is 2.33. The van der Waals surface area contributed by atoms with E-state index in [1.807, 2.05) is 0 Å². The molecule has 0 atom stereocenters. The Morgan fingerprint density at radius 2 is 2.00 bits per heavy atom. The largest absolute Gasteiger partial charge is 0.402 e. The number of cyclic esters (lactones) is 1. The number of hydrogen-bond acceptors (Lipinski definition) is 5. The summed E-state index contributed by atoms with van der Waals surface area (Å²) in [6.07, 6.45) is 1.55. The standard InChI is InChI=1S/C17H11ClN2O4/c1-10-13(6-3-7-15(10)20(22)23)16-19-14(17(21)24-16)9-11-4-2-5-12(18)8-11/h2-9H,1H3/b14-9+. The first-order chi connectivity index (χ1) is 11.5. The molecule has 0 unspecified atom stereocenters. The van der Waals surface area contributed by atoms with Gasteiger partial charge in [0.15, 0.2) is 5.70 Å². The number of nitro groups is 1. The number of aliphatic imine (C=N–C) groups is 1. The Labute approximate surface area is 142 Å². The van der Waals surface area contributed by atoms with Crippen LogP contribution in [0.4, 0.5) is 5.69 Å². The van der Waals surface area contributed by atoms with Gasteiger partial charge in [0.25, 0.3) is 5.69 Å². The van der Waals surface area contributed by atoms with Gasteiger partial charge in [0, 0.05) is 22.2 Å². The summed E-state index contributed by atoms with van der Waals surface area (Å²) < 4.78 is 5.17. The molecule has 2 aromatic rings. The van der Waals surface area contributed by atoms with Crippen LogP contribution in [0.25, 0.3) is 6.08 Å². The Bertz CT molecular complexity index is 919. The third-order valence-corrected chi connectivity index (χ3v) is 3.74. The third-order valence-electron chi connectivity index (χ3n) is 3.50. The van der Waals surface area contributed by atoms with E-state index in [1.54, 1.807) is 43.3 Å². The average molecular weight is 343 g/mol. The highest BCUT2D eigenvalue weighted by Crippen LogP contribution is 2.26. The summed E-state index contributed by atoms with van der Waals surface area (Å²) in [5.74, 6) is -0.564. The van der Waals surface area contributed by atoms with Crippen LogP contribution in [0.3, 0.4) is 0 Å². The second kappa shape index (κ2) is 6.25. The first-order valence-corrected chi connectivity index (χ1v) is 7.36. The van der Waals surface area contributed by atoms with Crippen LogP contribution in [-0.2, 0) is 9.53 Å². The van der Waals surface area contributed by atoms with E-state index in [4.69, 9.17) is 16.3 Å². The molecule has 6 nitrogen and oxygen atoms in total. The van der Waals surface area contributed by atoms with Crippen LogP contribution >= 0.6 is 11.6 Å². The SMILES string of the molecule is Cc1c(C2=N/C(=C/c3cccc(Cl)c3)C(=O)O2)cccc1[N+](=O)[O-]. The first-order valence-electron chi connectivity index (χ1n) is 6.98. The molecule has 0 aromatic heterocycles. The van der Waals surface area contributed by atoms with Crippen molar-refractivity contribution < 1.29 is 14.5 Å². The van der Waals surface area contributed by atoms with Gasteiger partial charge in [0.2, 0.25) is 5.90 Å². The highest BCUT2D eigenvalue weighted by Gasteiger charge is 2.27. The lowest BCUT2D eigenvalue weighted by Crippen LogP contribution is -2.08. The topological polar surface area (TPSA) is 81.8 Å². The van der Waals surface area contributed by atoms with Crippen molar-refractivity contribution in [3.05, 3.63) is 80.0 Å². The smallest absolute Gasteiger partial charge is 0.363 e. The van der Waals surface area contributed by atoms with Crippen LogP contribution in [-0.4, -0.2) is 16.8 Å². The van der Waals surface area contributed by atoms with Crippen molar-refractivity contribution in [3.63, 3.8) is 0 Å². The molecule has 0 radical (unpaired) electrons. The van der Waals surface area contributed by atoms with E-state index in [1.165, 1.54) is 12.1 Å². The zero-order valence-corrected chi connectivity index (χ0v) is 13.3. The van der Waals surface area contributed by atoms with Crippen molar-refractivity contribution in [1.82, 2.24) is 0 Å². The second-order valence-corrected chi connectivity index (χ2v) is 5.53. The van der Waals surface area contributed by atoms with Gasteiger partial charge in [0.05, 0.1) is 4.92 Å². The van der Waals surface area contributed by atoms with Crippen LogP contribution < -0.4 is 0 Å². The van der Waals surface area contributed by atoms with Gasteiger partial charge < -0.3 is 4.74 Å². The molecule has 2 aromatic carbocycles. The van der Waals surface area contributed by atoms with E-state index in [0.717, 1.165) is 0 Å². The van der Waals surface area contributed by atoms with Gasteiger partial charge in [-0.3, -0.25) is 10.1 Å². The molecular formula is C17H11ClN2O4. The molecule has 120 valence electrons. The summed E-state index contributed by atoms with van der Waals surface area (Å²) in [6, 6.07) is 11.5. The van der Waals surface area contributed by atoms with E-state index in [9.17, 15) is 14.9 Å². The number of halogens is 1. The normalized spacial score (nSPS) is 15.3. The minimum Gasteiger partial charge on any atom is -0.402 e. The molecule has 0 spiro atoms. The quantitative estimate of drug-likeness (QED) is 0.366. The Balaban J connectivity index is 2.01. The second-order valence-electron chi connectivity index (χ2n) is 5.10. The third kappa shape index (κ3) is 3.04. The van der Waals surface area contributed by atoms with Crippen LogP contribution in [0.15, 0.2) is 53.2 Å². The molecule has 0 amide bonds. The van der Waals surface area contributed by atoms with E-state index in [0.29, 0.717) is 21.7 Å². The monoisotopic (exact) mass is 342 g/mol. The molecule has 0 N–H and O–H groups in total. The number of carbonyl (C=O) groups is 1. The lowest BCUT2D eigenvalue weighted by atomic mass is 10.1. The molecule has 1 heterocycles. The van der Waals surface area contributed by atoms with E-state index >= 15 is 0 Å². The Hall–Kier alpha value is -2.99. The molecule has 0 fully saturated rings. The van der Waals surface area contributed by atoms with Gasteiger partial charge in [-0.25, -0.2) is 9.79 Å². The highest BCUT2D eigenvalue weighted by molar-refractivity contribution is 6.30. The summed E-state index contributed by atoms with van der Waals surface area (Å²) in [4.78, 5) is 26.7. The Morgan fingerprint density at radius 3 is 2.71 bits per heavy atom. The fourth-order valence-corrected chi connectivity index (χ4v) is 2.53. The van der Waals surface area contributed by atoms with Crippen molar-refractivity contribution in [3.8, 4) is 0 Å². The number of esters is 1. The zero-order chi connectivity index (χ0) is 17.3. The van der Waals surface area contributed by atoms with Crippen LogP contribution in [0.2, 0.25) is 5.02 Å². The predicted octanol–water partition coefficient (Wildman–Crippen LogP) is 3.90. The molecule has 0 saturated carbocycles. The maximum atomic E-state index is 12.0. The van der Waals surface area contributed by atoms with Gasteiger partial charge in [-0.2, -0.15) is 0 Å². The van der Waals surface area contributed by atoms with Crippen LogP contribution in [0, 0.1) is 17.0 Å². The van der Waals surface area contributed by atoms with Crippen molar-refractivity contribution in [2.45, 2.75) is 6.92 Å². The average Bonchev–Trinajstić information content (AvgIpc) is 2.88. The number of benzene rings is 2. The van der Waals surface area contributed by atoms with Crippen molar-refractivity contribution in [1.29, 1.82) is 0 Å². The van der Waals surface area contributed by atoms with Crippen molar-refractivity contribution in [2.75, 3.05) is 0 Å². The molecule has 0 aliphatic carbocycles. The Morgan fingerprint density at radius 1 is 1.25 bits per heavy atom. The molecule has 24 heavy (non-hydrogen) atoms. The molecule has 3 rings (SSSR count). The fraction of sp³-hybridized carbons (Fsp3) is 0.0588. The van der Waals surface area contributed by atoms with Crippen molar-refractivity contribution in [2.24, 2.45) is 4.99 Å². The zero-order valence-electron chi connectivity index (χ0n) is 12.5. The van der Waals surface area contributed by atoms with Gasteiger partial charge in [-0.15, -0.1) is 0 Å². The number of ether oxygens (including phenoxy) is 1. The lowest BCUT2D eigenvalue weighted by molar-refractivity contribution is -0.385. The summed E-state index contributed by atoms with van der Waals surface area (Å²) in [5.41, 5.74) is 1.55. The highest BCUT2D eigenvalue weighted by atomic mass is 35.5. The summed E-state index contributed by atoms with van der Waals surface area (Å²) in [5, 5.41) is 11.6. The van der Waals surface area contributed by atoms with Gasteiger partial charge in [0.1, 0.15) is 0 Å². The first kappa shape index (κ1) is 15.9. The molecule has 1 aliphatic rings. The predicted molar refractivity (Wildman–Crippen MR) is 89.9 cm³/mol. The van der Waals surface area contributed by atoms with Crippen LogP contribution in [0.5, 0.6) is 0 Å². The maximum Gasteiger partial charge on any atom is 0.363 e. The maximum absolute atomic E-state index is 12.0. The number of hydrogen-bond donors (Lipinski definition) is 0. The lowest BCUT2D eigenvalue weighted by Gasteiger charge is -2.04. The number of rotatable bonds is 3. The number of nitro benzene ring substituents is 1. The summed E-state index contributed by atoms with van der Waals surface area (Å²) in [7, 11) is 0. The molecule has 0 saturated heterocycles. The van der Waals surface area contributed by atoms with Gasteiger partial charge >= 0.3 is 5.97 Å². The van der Waals surface area contributed by atoms with Crippen LogP contribution in [0.1, 0.15) is 16.7 Å². The summed E-state index contributed by atoms with van der Waals surface area (Å²) in [6.45, 7) is 1.59. The molecular weight excluding hydrogens is 332 g/mol. The van der Waals surface area contributed by atoms with Gasteiger partial charge in [-0.05, 0) is 36.8 Å². The minimum atomic E-state index is -0.615. The molecule has 0 bridgehead atoms. The van der Waals surface area contributed by atoms with E-state index in [2.05, 4.69) is 4.99 Å². The minimum absolute atomic E-state index is 0.0504. The summed E-state index contributed by atoms with van der Waals surface area (Å²) >= 11 is 5.91. The number of nitrogens with zero attached hydrogens (tertiary/aromatic N) is 2. The molecule has 1 aliphatic heterocycles. The van der Waals surface area contributed by atoms with E-state index < -0.39 is 10.9 Å². The molecule has 7 heteroatoms. The van der Waals surface area contributed by atoms with Crippen molar-refractivity contribution >= 4 is 35.2 Å². The van der Waals surface area contributed by atoms with Gasteiger partial charge in [-0.1, -0.05) is 29.8 Å². The van der Waals surface area contributed by atoms with E-state index in [-0.39, 0.29) is 17.3 Å².